The Labute approximate surface area is 119 Å². The Morgan fingerprint density at radius 3 is 2.55 bits per heavy atom. The van der Waals surface area contributed by atoms with Gasteiger partial charge in [0, 0.05) is 12.7 Å². The fourth-order valence-corrected chi connectivity index (χ4v) is 1.71. The Kier molecular flexibility index (Phi) is 6.31. The first-order chi connectivity index (χ1) is 9.49. The second kappa shape index (κ2) is 7.75. The summed E-state index contributed by atoms with van der Waals surface area (Å²) in [5, 5.41) is 0. The third-order valence-corrected chi connectivity index (χ3v) is 2.54. The van der Waals surface area contributed by atoms with Gasteiger partial charge in [0.25, 0.3) is 0 Å². The van der Waals surface area contributed by atoms with E-state index in [0.717, 1.165) is 5.56 Å². The summed E-state index contributed by atoms with van der Waals surface area (Å²) >= 11 is 0. The van der Waals surface area contributed by atoms with Gasteiger partial charge in [0.1, 0.15) is 17.1 Å². The number of esters is 1. The summed E-state index contributed by atoms with van der Waals surface area (Å²) in [6.07, 6.45) is -0.0556. The quantitative estimate of drug-likeness (QED) is 0.437. The molecule has 112 valence electrons. The van der Waals surface area contributed by atoms with Crippen molar-refractivity contribution in [3.05, 3.63) is 23.3 Å². The Morgan fingerprint density at radius 2 is 2.00 bits per heavy atom. The fraction of sp³-hybridized carbons (Fsp3) is 0.533. The maximum absolute atomic E-state index is 11.8. The molecule has 20 heavy (non-hydrogen) atoms. The second-order valence-electron chi connectivity index (χ2n) is 4.53. The summed E-state index contributed by atoms with van der Waals surface area (Å²) in [4.78, 5) is 11.8. The van der Waals surface area contributed by atoms with Crippen molar-refractivity contribution in [2.75, 3.05) is 20.5 Å². The van der Waals surface area contributed by atoms with E-state index in [-0.39, 0.29) is 12.9 Å². The molecule has 0 heterocycles. The van der Waals surface area contributed by atoms with Gasteiger partial charge in [0.2, 0.25) is 0 Å². The zero-order chi connectivity index (χ0) is 15.1. The van der Waals surface area contributed by atoms with Crippen molar-refractivity contribution < 1.29 is 23.7 Å². The summed E-state index contributed by atoms with van der Waals surface area (Å²) in [6, 6.07) is 3.44. The lowest BCUT2D eigenvalue weighted by Crippen LogP contribution is -2.13. The lowest BCUT2D eigenvalue weighted by Gasteiger charge is -2.17. The highest BCUT2D eigenvalue weighted by Crippen LogP contribution is 2.30. The first-order valence-corrected chi connectivity index (χ1v) is 6.59. The van der Waals surface area contributed by atoms with Gasteiger partial charge in [-0.1, -0.05) is 0 Å². The monoisotopic (exact) mass is 282 g/mol. The van der Waals surface area contributed by atoms with Crippen LogP contribution in [-0.2, 0) is 9.47 Å². The molecule has 0 spiro atoms. The standard InChI is InChI=1S/C15H22O5/c1-6-18-9-19-12-7-11(4)14(15(16)17-5)13(8-12)20-10(2)3/h7-8,10H,6,9H2,1-5H3. The van der Waals surface area contributed by atoms with Crippen LogP contribution in [0.2, 0.25) is 0 Å². The van der Waals surface area contributed by atoms with Gasteiger partial charge in [-0.25, -0.2) is 4.79 Å². The van der Waals surface area contributed by atoms with Crippen LogP contribution in [-0.4, -0.2) is 32.6 Å². The van der Waals surface area contributed by atoms with Gasteiger partial charge < -0.3 is 18.9 Å². The highest BCUT2D eigenvalue weighted by Gasteiger charge is 2.19. The molecule has 1 aromatic rings. The van der Waals surface area contributed by atoms with Crippen LogP contribution in [0.4, 0.5) is 0 Å². The van der Waals surface area contributed by atoms with Gasteiger partial charge in [-0.2, -0.15) is 0 Å². The minimum Gasteiger partial charge on any atom is -0.490 e. The zero-order valence-corrected chi connectivity index (χ0v) is 12.7. The third-order valence-electron chi connectivity index (χ3n) is 2.54. The number of hydrogen-bond acceptors (Lipinski definition) is 5. The topological polar surface area (TPSA) is 54.0 Å². The number of carbonyl (C=O) groups is 1. The number of methoxy groups -OCH3 is 1. The average Bonchev–Trinajstić information content (AvgIpc) is 2.37. The summed E-state index contributed by atoms with van der Waals surface area (Å²) in [7, 11) is 1.35. The molecule has 0 aromatic heterocycles. The van der Waals surface area contributed by atoms with Gasteiger partial charge in [-0.15, -0.1) is 0 Å². The molecule has 1 rings (SSSR count). The minimum absolute atomic E-state index is 0.0556. The smallest absolute Gasteiger partial charge is 0.341 e. The molecular formula is C15H22O5. The Hall–Kier alpha value is -1.75. The lowest BCUT2D eigenvalue weighted by atomic mass is 10.1. The van der Waals surface area contributed by atoms with Crippen LogP contribution in [0.25, 0.3) is 0 Å². The van der Waals surface area contributed by atoms with E-state index < -0.39 is 5.97 Å². The maximum atomic E-state index is 11.8. The largest absolute Gasteiger partial charge is 0.490 e. The van der Waals surface area contributed by atoms with Crippen LogP contribution in [0, 0.1) is 6.92 Å². The Morgan fingerprint density at radius 1 is 1.30 bits per heavy atom. The minimum atomic E-state index is -0.422. The highest BCUT2D eigenvalue weighted by atomic mass is 16.7. The molecule has 0 atom stereocenters. The van der Waals surface area contributed by atoms with Crippen LogP contribution in [0.15, 0.2) is 12.1 Å². The van der Waals surface area contributed by atoms with E-state index in [1.807, 2.05) is 27.7 Å². The second-order valence-corrected chi connectivity index (χ2v) is 4.53. The molecule has 0 bridgehead atoms. The van der Waals surface area contributed by atoms with E-state index in [2.05, 4.69) is 0 Å². The van der Waals surface area contributed by atoms with Crippen LogP contribution in [0.3, 0.4) is 0 Å². The van der Waals surface area contributed by atoms with Crippen LogP contribution >= 0.6 is 0 Å². The van der Waals surface area contributed by atoms with Crippen LogP contribution in [0.1, 0.15) is 36.7 Å². The van der Waals surface area contributed by atoms with Gasteiger partial charge in [-0.05, 0) is 39.3 Å². The third kappa shape index (κ3) is 4.42. The van der Waals surface area contributed by atoms with Gasteiger partial charge >= 0.3 is 5.97 Å². The van der Waals surface area contributed by atoms with E-state index in [1.54, 1.807) is 12.1 Å². The molecule has 0 amide bonds. The SMILES string of the molecule is CCOCOc1cc(C)c(C(=O)OC)c(OC(C)C)c1. The number of hydrogen-bond donors (Lipinski definition) is 0. The summed E-state index contributed by atoms with van der Waals surface area (Å²) in [5.74, 6) is 0.632. The molecule has 0 saturated carbocycles. The van der Waals surface area contributed by atoms with Crippen molar-refractivity contribution in [2.24, 2.45) is 0 Å². The molecule has 5 heteroatoms. The molecule has 0 fully saturated rings. The molecule has 0 aliphatic rings. The van der Waals surface area contributed by atoms with Crippen molar-refractivity contribution in [3.63, 3.8) is 0 Å². The van der Waals surface area contributed by atoms with Crippen molar-refractivity contribution in [2.45, 2.75) is 33.8 Å². The molecule has 5 nitrogen and oxygen atoms in total. The first-order valence-electron chi connectivity index (χ1n) is 6.59. The van der Waals surface area contributed by atoms with E-state index in [1.165, 1.54) is 7.11 Å². The fourth-order valence-electron chi connectivity index (χ4n) is 1.71. The number of aryl methyl sites for hydroxylation is 1. The summed E-state index contributed by atoms with van der Waals surface area (Å²) in [6.45, 7) is 8.23. The van der Waals surface area contributed by atoms with Gasteiger partial charge in [-0.3, -0.25) is 0 Å². The molecule has 0 radical (unpaired) electrons. The number of benzene rings is 1. The van der Waals surface area contributed by atoms with Crippen molar-refractivity contribution >= 4 is 5.97 Å². The molecule has 1 aromatic carbocycles. The van der Waals surface area contributed by atoms with Gasteiger partial charge in [0.05, 0.1) is 13.2 Å². The lowest BCUT2D eigenvalue weighted by molar-refractivity contribution is 0.0222. The average molecular weight is 282 g/mol. The number of ether oxygens (including phenoxy) is 4. The van der Waals surface area contributed by atoms with Crippen LogP contribution in [0.5, 0.6) is 11.5 Å². The predicted octanol–water partition coefficient (Wildman–Crippen LogP) is 2.94. The van der Waals surface area contributed by atoms with Crippen molar-refractivity contribution in [1.82, 2.24) is 0 Å². The molecule has 0 saturated heterocycles. The highest BCUT2D eigenvalue weighted by molar-refractivity contribution is 5.94. The van der Waals surface area contributed by atoms with E-state index in [0.29, 0.717) is 23.7 Å². The molecule has 0 N–H and O–H groups in total. The van der Waals surface area contributed by atoms with E-state index in [4.69, 9.17) is 18.9 Å². The van der Waals surface area contributed by atoms with Crippen molar-refractivity contribution in [3.8, 4) is 11.5 Å². The van der Waals surface area contributed by atoms with E-state index >= 15 is 0 Å². The molecular weight excluding hydrogens is 260 g/mol. The normalized spacial score (nSPS) is 10.5. The number of rotatable bonds is 7. The van der Waals surface area contributed by atoms with Crippen LogP contribution < -0.4 is 9.47 Å². The molecule has 0 aliphatic heterocycles. The molecule has 0 aliphatic carbocycles. The molecule has 0 unspecified atom stereocenters. The summed E-state index contributed by atoms with van der Waals surface area (Å²) in [5.41, 5.74) is 1.16. The van der Waals surface area contributed by atoms with Crippen molar-refractivity contribution in [1.29, 1.82) is 0 Å². The summed E-state index contributed by atoms with van der Waals surface area (Å²) < 4.78 is 21.1. The first kappa shape index (κ1) is 16.3. The Bertz CT molecular complexity index is 454. The van der Waals surface area contributed by atoms with Gasteiger partial charge in [0.15, 0.2) is 6.79 Å². The van der Waals surface area contributed by atoms with E-state index in [9.17, 15) is 4.79 Å². The Balaban J connectivity index is 3.08. The maximum Gasteiger partial charge on any atom is 0.341 e. The zero-order valence-electron chi connectivity index (χ0n) is 12.7. The number of carbonyl (C=O) groups excluding carboxylic acids is 1. The predicted molar refractivity (Wildman–Crippen MR) is 75.4 cm³/mol.